The van der Waals surface area contributed by atoms with E-state index in [9.17, 15) is 4.79 Å². The molecule has 0 atom stereocenters. The fourth-order valence-electron chi connectivity index (χ4n) is 2.55. The Morgan fingerprint density at radius 2 is 2.14 bits per heavy atom. The number of hydrogen-bond donors (Lipinski definition) is 1. The molecule has 3 rings (SSSR count). The average molecular weight is 298 g/mol. The number of aryl methyl sites for hydroxylation is 2. The maximum absolute atomic E-state index is 12.4. The van der Waals surface area contributed by atoms with Crippen LogP contribution in [0, 0.1) is 0 Å². The van der Waals surface area contributed by atoms with E-state index in [-0.39, 0.29) is 5.91 Å². The highest BCUT2D eigenvalue weighted by atomic mass is 16.2. The van der Waals surface area contributed by atoms with E-state index < -0.39 is 0 Å². The first-order valence-corrected chi connectivity index (χ1v) is 7.29. The molecule has 7 nitrogen and oxygen atoms in total. The molecule has 22 heavy (non-hydrogen) atoms. The molecule has 0 spiro atoms. The van der Waals surface area contributed by atoms with Gasteiger partial charge < -0.3 is 5.32 Å². The van der Waals surface area contributed by atoms with Gasteiger partial charge in [-0.2, -0.15) is 5.10 Å². The Balaban J connectivity index is 1.92. The first-order chi connectivity index (χ1) is 10.6. The number of anilines is 1. The molecule has 3 aromatic rings. The van der Waals surface area contributed by atoms with Crippen LogP contribution in [0.1, 0.15) is 35.6 Å². The minimum atomic E-state index is -0.258. The van der Waals surface area contributed by atoms with Crippen molar-refractivity contribution in [1.82, 2.24) is 24.1 Å². The highest BCUT2D eigenvalue weighted by molar-refractivity contribution is 6.03. The summed E-state index contributed by atoms with van der Waals surface area (Å²) in [5.74, 6) is 0.975. The van der Waals surface area contributed by atoms with Gasteiger partial charge >= 0.3 is 0 Å². The van der Waals surface area contributed by atoms with E-state index in [1.807, 2.05) is 13.2 Å². The summed E-state index contributed by atoms with van der Waals surface area (Å²) in [6.45, 7) is 4.11. The Bertz CT molecular complexity index is 799. The summed E-state index contributed by atoms with van der Waals surface area (Å²) >= 11 is 0. The topological polar surface area (TPSA) is 77.1 Å². The van der Waals surface area contributed by atoms with E-state index >= 15 is 0 Å². The monoisotopic (exact) mass is 298 g/mol. The first-order valence-electron chi connectivity index (χ1n) is 7.29. The lowest BCUT2D eigenvalue weighted by Gasteiger charge is -2.06. The van der Waals surface area contributed by atoms with Gasteiger partial charge in [0.15, 0.2) is 0 Å². The summed E-state index contributed by atoms with van der Waals surface area (Å²) < 4.78 is 3.43. The van der Waals surface area contributed by atoms with Gasteiger partial charge in [-0.15, -0.1) is 0 Å². The Hall–Kier alpha value is -2.70. The molecule has 0 saturated carbocycles. The number of aromatic nitrogens is 5. The lowest BCUT2D eigenvalue weighted by Crippen LogP contribution is -2.16. The second kappa shape index (κ2) is 5.59. The normalized spacial score (nSPS) is 11.0. The molecule has 1 amide bonds. The molecule has 3 heterocycles. The number of nitrogens with one attached hydrogen (secondary N) is 1. The summed E-state index contributed by atoms with van der Waals surface area (Å²) in [5.41, 5.74) is 2.41. The number of fused-ring (bicyclic) bond motifs is 1. The molecule has 3 aromatic heterocycles. The number of carbonyl (C=O) groups is 1. The third-order valence-electron chi connectivity index (χ3n) is 3.62. The fourth-order valence-corrected chi connectivity index (χ4v) is 2.55. The smallest absolute Gasteiger partial charge is 0.277 e. The lowest BCUT2D eigenvalue weighted by atomic mass is 10.1. The number of hydrogen-bond acceptors (Lipinski definition) is 4. The van der Waals surface area contributed by atoms with Crippen LogP contribution in [0.5, 0.6) is 0 Å². The van der Waals surface area contributed by atoms with Gasteiger partial charge in [0.2, 0.25) is 5.78 Å². The lowest BCUT2D eigenvalue weighted by molar-refractivity contribution is 0.102. The number of rotatable bonds is 4. The highest BCUT2D eigenvalue weighted by Crippen LogP contribution is 2.21. The van der Waals surface area contributed by atoms with Gasteiger partial charge in [0.05, 0.1) is 5.69 Å². The number of nitrogens with zero attached hydrogens (tertiary/aromatic N) is 5. The molecule has 114 valence electrons. The summed E-state index contributed by atoms with van der Waals surface area (Å²) in [5, 5.41) is 7.37. The number of amides is 1. The molecule has 0 aliphatic carbocycles. The van der Waals surface area contributed by atoms with Gasteiger partial charge in [-0.1, -0.05) is 13.8 Å². The summed E-state index contributed by atoms with van der Waals surface area (Å²) in [6.07, 6.45) is 6.78. The molecular weight excluding hydrogens is 280 g/mol. The number of carbonyl (C=O) groups excluding carboxylic acids is 1. The van der Waals surface area contributed by atoms with Crippen molar-refractivity contribution in [3.8, 4) is 0 Å². The van der Waals surface area contributed by atoms with Crippen LogP contribution >= 0.6 is 0 Å². The van der Waals surface area contributed by atoms with Gasteiger partial charge in [0.1, 0.15) is 11.5 Å². The Morgan fingerprint density at radius 1 is 1.32 bits per heavy atom. The van der Waals surface area contributed by atoms with Gasteiger partial charge in [-0.25, -0.2) is 9.97 Å². The van der Waals surface area contributed by atoms with E-state index in [1.54, 1.807) is 27.5 Å². The fraction of sp³-hybridized carbons (Fsp3) is 0.333. The quantitative estimate of drug-likeness (QED) is 0.797. The second-order valence-electron chi connectivity index (χ2n) is 5.01. The van der Waals surface area contributed by atoms with Crippen molar-refractivity contribution >= 4 is 17.5 Å². The van der Waals surface area contributed by atoms with Gasteiger partial charge in [0.25, 0.3) is 5.91 Å². The van der Waals surface area contributed by atoms with Crippen molar-refractivity contribution < 1.29 is 4.79 Å². The molecule has 7 heteroatoms. The molecule has 0 saturated heterocycles. The van der Waals surface area contributed by atoms with E-state index in [1.165, 1.54) is 0 Å². The first kappa shape index (κ1) is 14.2. The summed E-state index contributed by atoms with van der Waals surface area (Å²) in [4.78, 5) is 20.8. The zero-order chi connectivity index (χ0) is 15.7. The van der Waals surface area contributed by atoms with Crippen LogP contribution in [0.15, 0.2) is 24.7 Å². The molecule has 0 aliphatic rings. The zero-order valence-electron chi connectivity index (χ0n) is 12.9. The van der Waals surface area contributed by atoms with Crippen LogP contribution in [0.2, 0.25) is 0 Å². The molecular formula is C15H18N6O. The Morgan fingerprint density at radius 3 is 2.82 bits per heavy atom. The van der Waals surface area contributed by atoms with Crippen LogP contribution in [0.25, 0.3) is 5.78 Å². The number of imidazole rings is 1. The van der Waals surface area contributed by atoms with Crippen LogP contribution in [0.3, 0.4) is 0 Å². The SMILES string of the molecule is CCc1nn(C)c(NC(=O)c2cn3cccnc3n2)c1CC. The van der Waals surface area contributed by atoms with Gasteiger partial charge in [-0.05, 0) is 18.9 Å². The average Bonchev–Trinajstić information content (AvgIpc) is 3.08. The van der Waals surface area contributed by atoms with E-state index in [0.29, 0.717) is 11.5 Å². The van der Waals surface area contributed by atoms with Crippen LogP contribution in [-0.2, 0) is 19.9 Å². The Kier molecular flexibility index (Phi) is 3.62. The van der Waals surface area contributed by atoms with Crippen molar-refractivity contribution in [2.24, 2.45) is 7.05 Å². The molecule has 0 unspecified atom stereocenters. The van der Waals surface area contributed by atoms with Crippen LogP contribution < -0.4 is 5.32 Å². The summed E-state index contributed by atoms with van der Waals surface area (Å²) in [6, 6.07) is 1.79. The predicted octanol–water partition coefficient (Wildman–Crippen LogP) is 1.84. The predicted molar refractivity (Wildman–Crippen MR) is 82.9 cm³/mol. The van der Waals surface area contributed by atoms with Crippen molar-refractivity contribution in [3.63, 3.8) is 0 Å². The minimum absolute atomic E-state index is 0.258. The van der Waals surface area contributed by atoms with Crippen LogP contribution in [-0.4, -0.2) is 30.1 Å². The molecule has 0 aromatic carbocycles. The maximum Gasteiger partial charge on any atom is 0.277 e. The second-order valence-corrected chi connectivity index (χ2v) is 5.01. The molecule has 0 aliphatic heterocycles. The zero-order valence-corrected chi connectivity index (χ0v) is 12.9. The third kappa shape index (κ3) is 2.34. The van der Waals surface area contributed by atoms with Crippen molar-refractivity contribution in [2.45, 2.75) is 26.7 Å². The standard InChI is InChI=1S/C15H18N6O/c1-4-10-11(5-2)19-20(3)13(10)18-14(22)12-9-21-8-6-7-16-15(21)17-12/h6-9H,4-5H2,1-3H3,(H,18,22). The van der Waals surface area contributed by atoms with E-state index in [0.717, 1.165) is 29.9 Å². The van der Waals surface area contributed by atoms with E-state index in [2.05, 4.69) is 34.2 Å². The molecule has 1 N–H and O–H groups in total. The molecule has 0 fully saturated rings. The summed E-state index contributed by atoms with van der Waals surface area (Å²) in [7, 11) is 1.83. The van der Waals surface area contributed by atoms with Gasteiger partial charge in [-0.3, -0.25) is 13.9 Å². The molecule has 0 radical (unpaired) electrons. The highest BCUT2D eigenvalue weighted by Gasteiger charge is 2.18. The van der Waals surface area contributed by atoms with Crippen molar-refractivity contribution in [2.75, 3.05) is 5.32 Å². The third-order valence-corrected chi connectivity index (χ3v) is 3.62. The molecule has 0 bridgehead atoms. The van der Waals surface area contributed by atoms with Crippen LogP contribution in [0.4, 0.5) is 5.82 Å². The largest absolute Gasteiger partial charge is 0.305 e. The Labute approximate surface area is 128 Å². The van der Waals surface area contributed by atoms with Crippen molar-refractivity contribution in [1.29, 1.82) is 0 Å². The van der Waals surface area contributed by atoms with E-state index in [4.69, 9.17) is 0 Å². The minimum Gasteiger partial charge on any atom is -0.305 e. The maximum atomic E-state index is 12.4. The van der Waals surface area contributed by atoms with Crippen molar-refractivity contribution in [3.05, 3.63) is 41.6 Å². The van der Waals surface area contributed by atoms with Gasteiger partial charge in [0, 0.05) is 31.2 Å².